The summed E-state index contributed by atoms with van der Waals surface area (Å²) in [6.45, 7) is 8.52. The van der Waals surface area contributed by atoms with Crippen molar-refractivity contribution in [3.05, 3.63) is 11.6 Å². The van der Waals surface area contributed by atoms with Crippen molar-refractivity contribution in [3.8, 4) is 0 Å². The van der Waals surface area contributed by atoms with Crippen LogP contribution in [0, 0.1) is 45.8 Å². The zero-order chi connectivity index (χ0) is 41.9. The quantitative estimate of drug-likeness (QED) is 0.120. The number of carbonyl (C=O) groups is 2. The van der Waals surface area contributed by atoms with E-state index in [0.717, 1.165) is 44.1 Å². The molecule has 7 fully saturated rings. The van der Waals surface area contributed by atoms with Crippen LogP contribution in [0.5, 0.6) is 0 Å². The van der Waals surface area contributed by atoms with Crippen molar-refractivity contribution in [2.45, 2.75) is 178 Å². The number of allylic oxidation sites excluding steroid dienone is 1. The summed E-state index contributed by atoms with van der Waals surface area (Å²) in [6.07, 6.45) is -7.35. The monoisotopic (exact) mass is 824 g/mol. The van der Waals surface area contributed by atoms with Crippen LogP contribution < -0.4 is 0 Å². The second-order valence-corrected chi connectivity index (χ2v) is 19.8. The zero-order valence-electron chi connectivity index (χ0n) is 34.1. The summed E-state index contributed by atoms with van der Waals surface area (Å²) in [4.78, 5) is 25.6. The summed E-state index contributed by atoms with van der Waals surface area (Å²) < 4.78 is 35.4. The molecular formula is C42H64O16. The van der Waals surface area contributed by atoms with Gasteiger partial charge in [0.1, 0.15) is 61.0 Å². The van der Waals surface area contributed by atoms with Gasteiger partial charge in [0.25, 0.3) is 0 Å². The molecule has 0 aromatic rings. The summed E-state index contributed by atoms with van der Waals surface area (Å²) in [5, 5.41) is 84.0. The van der Waals surface area contributed by atoms with E-state index in [9.17, 15) is 50.4 Å². The topological polar surface area (TPSA) is 251 Å². The first-order valence-corrected chi connectivity index (χ1v) is 21.3. The van der Waals surface area contributed by atoms with Gasteiger partial charge in [-0.2, -0.15) is 0 Å². The van der Waals surface area contributed by atoms with E-state index in [1.807, 2.05) is 6.92 Å². The number of hydrogen-bond donors (Lipinski definition) is 8. The molecule has 3 heterocycles. The molecule has 328 valence electrons. The molecule has 8 aliphatic rings. The summed E-state index contributed by atoms with van der Waals surface area (Å²) in [7, 11) is 0. The van der Waals surface area contributed by atoms with Gasteiger partial charge in [-0.15, -0.1) is 0 Å². The van der Waals surface area contributed by atoms with Gasteiger partial charge in [0.15, 0.2) is 18.2 Å². The summed E-state index contributed by atoms with van der Waals surface area (Å²) in [6, 6.07) is 0. The van der Waals surface area contributed by atoms with Crippen molar-refractivity contribution in [1.29, 1.82) is 0 Å². The number of carbonyl (C=O) groups excluding carboxylic acids is 2. The normalized spacial score (nSPS) is 55.1. The minimum absolute atomic E-state index is 0.0276. The number of aliphatic hydroxyl groups is 8. The average molecular weight is 825 g/mol. The molecule has 3 saturated heterocycles. The zero-order valence-corrected chi connectivity index (χ0v) is 34.1. The van der Waals surface area contributed by atoms with Crippen LogP contribution in [0.15, 0.2) is 11.6 Å². The third-order valence-electron chi connectivity index (χ3n) is 16.9. The first kappa shape index (κ1) is 42.9. The fourth-order valence-corrected chi connectivity index (χ4v) is 13.4. The van der Waals surface area contributed by atoms with E-state index < -0.39 is 115 Å². The maximum absolute atomic E-state index is 12.9. The van der Waals surface area contributed by atoms with E-state index in [2.05, 4.69) is 19.9 Å². The molecule has 0 aromatic carbocycles. The highest BCUT2D eigenvalue weighted by Crippen LogP contribution is 2.70. The van der Waals surface area contributed by atoms with E-state index in [1.165, 1.54) is 6.92 Å². The molecule has 5 aliphatic carbocycles. The van der Waals surface area contributed by atoms with Crippen molar-refractivity contribution in [1.82, 2.24) is 0 Å². The van der Waals surface area contributed by atoms with Crippen molar-refractivity contribution < 1.29 is 78.9 Å². The number of hydrogen-bond acceptors (Lipinski definition) is 16. The van der Waals surface area contributed by atoms with Gasteiger partial charge in [-0.05, 0) is 93.3 Å². The highest BCUT2D eigenvalue weighted by Gasteiger charge is 2.68. The second kappa shape index (κ2) is 15.2. The van der Waals surface area contributed by atoms with E-state index in [-0.39, 0.29) is 23.4 Å². The van der Waals surface area contributed by atoms with E-state index in [1.54, 1.807) is 6.92 Å². The van der Waals surface area contributed by atoms with Gasteiger partial charge in [-0.3, -0.25) is 4.79 Å². The predicted octanol–water partition coefficient (Wildman–Crippen LogP) is 0.209. The Morgan fingerprint density at radius 1 is 0.828 bits per heavy atom. The van der Waals surface area contributed by atoms with Crippen molar-refractivity contribution in [2.75, 3.05) is 13.2 Å². The Kier molecular flexibility index (Phi) is 11.3. The van der Waals surface area contributed by atoms with Crippen molar-refractivity contribution >= 4 is 11.9 Å². The van der Waals surface area contributed by atoms with Crippen LogP contribution in [0.1, 0.15) is 92.4 Å². The smallest absolute Gasteiger partial charge is 0.338 e. The number of rotatable bonds is 8. The molecule has 0 radical (unpaired) electrons. The molecular weight excluding hydrogens is 760 g/mol. The lowest BCUT2D eigenvalue weighted by Gasteiger charge is -2.60. The first-order valence-electron chi connectivity index (χ1n) is 21.3. The maximum atomic E-state index is 12.9. The van der Waals surface area contributed by atoms with Crippen LogP contribution in [0.2, 0.25) is 0 Å². The molecule has 22 atom stereocenters. The highest BCUT2D eigenvalue weighted by molar-refractivity contribution is 5.81. The largest absolute Gasteiger partial charge is 0.462 e. The van der Waals surface area contributed by atoms with E-state index in [0.29, 0.717) is 37.0 Å². The Hall–Kier alpha value is -1.80. The maximum Gasteiger partial charge on any atom is 0.338 e. The van der Waals surface area contributed by atoms with E-state index >= 15 is 0 Å². The van der Waals surface area contributed by atoms with Gasteiger partial charge >= 0.3 is 11.9 Å². The first-order chi connectivity index (χ1) is 27.2. The molecule has 4 saturated carbocycles. The lowest BCUT2D eigenvalue weighted by molar-refractivity contribution is -0.337. The molecule has 0 amide bonds. The standard InChI is InChI=1S/C42H64O16/c1-18(44)54-29-13-20(55-37-35(50)33(48)31(46)28(57-37)17-53-36-34(49)32(47)30(45)27(16-43)56-36)12-19-6-7-21-23-8-9-24(40(23,3)11-10-25(21)41(19,29)4)22-14-39(2)15-26(22)58-38(51)42(39,5)52/h6,20-37,43,45-50,52H,7-17H2,1-5H3/t20-,21+,22+,23+,24-,25+,26+,27-,28-,29+,30-,31-,32+,33+,34-,35-,36-,37-,39+,40+,41+,42+/m1/s1. The molecule has 0 unspecified atom stereocenters. The third kappa shape index (κ3) is 6.62. The fraction of sp³-hybridized carbons (Fsp3) is 0.905. The van der Waals surface area contributed by atoms with Crippen molar-refractivity contribution in [2.24, 2.45) is 45.8 Å². The number of fused-ring (bicyclic) bond motifs is 7. The van der Waals surface area contributed by atoms with E-state index in [4.69, 9.17) is 28.4 Å². The summed E-state index contributed by atoms with van der Waals surface area (Å²) >= 11 is 0. The molecule has 8 rings (SSSR count). The summed E-state index contributed by atoms with van der Waals surface area (Å²) in [5.41, 5.74) is -1.37. The molecule has 58 heavy (non-hydrogen) atoms. The Labute approximate surface area is 338 Å². The van der Waals surface area contributed by atoms with Crippen LogP contribution in [0.3, 0.4) is 0 Å². The minimum Gasteiger partial charge on any atom is -0.462 e. The number of ether oxygens (including phenoxy) is 6. The molecule has 3 aliphatic heterocycles. The molecule has 16 heteroatoms. The van der Waals surface area contributed by atoms with Crippen LogP contribution in [0.25, 0.3) is 0 Å². The van der Waals surface area contributed by atoms with Crippen LogP contribution in [-0.4, -0.2) is 151 Å². The van der Waals surface area contributed by atoms with Gasteiger partial charge in [0, 0.05) is 24.2 Å². The molecule has 8 N–H and O–H groups in total. The summed E-state index contributed by atoms with van der Waals surface area (Å²) in [5.74, 6) is 0.621. The Bertz CT molecular complexity index is 1600. The Morgan fingerprint density at radius 3 is 2.14 bits per heavy atom. The molecule has 2 bridgehead atoms. The van der Waals surface area contributed by atoms with Crippen LogP contribution in [0.4, 0.5) is 0 Å². The fourth-order valence-electron chi connectivity index (χ4n) is 13.4. The molecule has 16 nitrogen and oxygen atoms in total. The Balaban J connectivity index is 0.971. The SMILES string of the molecule is CC(=O)O[C@H]1C[C@H](O[C@@H]2O[C@H](CO[C@@H]3O[C@H](CO)[C@@H](O)[C@H](O)[C@H]3O)[C@@H](O)[C@H](O)[C@H]2O)CC2=CC[C@H]3[C@@H]4CC[C@H]([C@@H]5C[C@@]6(C)C[C@@H]5OC(=O)[C@]6(C)O)[C@@]4(C)CC[C@@H]3[C@]21C. The van der Waals surface area contributed by atoms with Gasteiger partial charge in [0.2, 0.25) is 0 Å². The van der Waals surface area contributed by atoms with Crippen LogP contribution in [-0.2, 0) is 38.0 Å². The average Bonchev–Trinajstić information content (AvgIpc) is 3.68. The van der Waals surface area contributed by atoms with Gasteiger partial charge < -0.3 is 69.3 Å². The lowest BCUT2D eigenvalue weighted by Crippen LogP contribution is -2.62. The Morgan fingerprint density at radius 2 is 1.47 bits per heavy atom. The third-order valence-corrected chi connectivity index (χ3v) is 16.9. The predicted molar refractivity (Wildman–Crippen MR) is 199 cm³/mol. The van der Waals surface area contributed by atoms with Gasteiger partial charge in [-0.1, -0.05) is 32.4 Å². The number of aliphatic hydroxyl groups excluding tert-OH is 7. The van der Waals surface area contributed by atoms with Crippen LogP contribution >= 0.6 is 0 Å². The van der Waals surface area contributed by atoms with Gasteiger partial charge in [-0.25, -0.2) is 4.79 Å². The van der Waals surface area contributed by atoms with Crippen molar-refractivity contribution in [3.63, 3.8) is 0 Å². The lowest BCUT2D eigenvalue weighted by atomic mass is 9.46. The minimum atomic E-state index is -1.70. The van der Waals surface area contributed by atoms with Gasteiger partial charge in [0.05, 0.1) is 19.3 Å². The number of esters is 2. The highest BCUT2D eigenvalue weighted by atomic mass is 16.7. The second-order valence-electron chi connectivity index (χ2n) is 19.8. The molecule has 0 spiro atoms. The molecule has 0 aromatic heterocycles.